The van der Waals surface area contributed by atoms with Crippen molar-refractivity contribution in [3.05, 3.63) is 58.7 Å². The zero-order chi connectivity index (χ0) is 38.7. The molecule has 0 aliphatic heterocycles. The topological polar surface area (TPSA) is 24.7 Å². The van der Waals surface area contributed by atoms with Gasteiger partial charge in [-0.2, -0.15) is 0 Å². The minimum atomic E-state index is 0. The van der Waals surface area contributed by atoms with E-state index in [0.717, 1.165) is 49.2 Å². The SMILES string of the molecule is CCCCCCCCCCCCCCCCCCC(C=Nc1cc(CCCCC)cc(CCCCC)c1)=Nc1cc(CCCCC)cc(CCCCC)c1.[Ni]. The quantitative estimate of drug-likeness (QED) is 0.0373. The monoisotopic (exact) mass is 799 g/mol. The summed E-state index contributed by atoms with van der Waals surface area (Å²) in [4.78, 5) is 10.6. The van der Waals surface area contributed by atoms with Gasteiger partial charge in [0.2, 0.25) is 0 Å². The van der Waals surface area contributed by atoms with Gasteiger partial charge in [-0.1, -0.05) is 194 Å². The van der Waals surface area contributed by atoms with Crippen LogP contribution < -0.4 is 0 Å². The van der Waals surface area contributed by atoms with Gasteiger partial charge in [0.05, 0.1) is 17.1 Å². The second-order valence-corrected chi connectivity index (χ2v) is 16.8. The fraction of sp³-hybridized carbons (Fsp3) is 0.731. The van der Waals surface area contributed by atoms with E-state index in [1.807, 2.05) is 0 Å². The third-order valence-corrected chi connectivity index (χ3v) is 11.3. The molecule has 0 aromatic heterocycles. The number of benzene rings is 2. The van der Waals surface area contributed by atoms with E-state index < -0.39 is 0 Å². The molecule has 2 nitrogen and oxygen atoms in total. The predicted octanol–water partition coefficient (Wildman–Crippen LogP) is 17.7. The first-order chi connectivity index (χ1) is 26.6. The van der Waals surface area contributed by atoms with E-state index in [9.17, 15) is 0 Å². The van der Waals surface area contributed by atoms with Crippen LogP contribution in [0.3, 0.4) is 0 Å². The van der Waals surface area contributed by atoms with E-state index in [-0.39, 0.29) is 16.5 Å². The number of hydrogen-bond donors (Lipinski definition) is 0. The van der Waals surface area contributed by atoms with Crippen molar-refractivity contribution in [1.82, 2.24) is 0 Å². The molecule has 0 N–H and O–H groups in total. The molecule has 0 heterocycles. The summed E-state index contributed by atoms with van der Waals surface area (Å²) >= 11 is 0. The molecule has 0 bridgehead atoms. The van der Waals surface area contributed by atoms with Crippen molar-refractivity contribution in [3.63, 3.8) is 0 Å². The number of nitrogens with zero attached hydrogens (tertiary/aromatic N) is 2. The van der Waals surface area contributed by atoms with Crippen LogP contribution in [0.2, 0.25) is 0 Å². The Balaban J connectivity index is 0.0000151. The normalized spacial score (nSPS) is 11.8. The van der Waals surface area contributed by atoms with Crippen LogP contribution in [0.1, 0.15) is 243 Å². The van der Waals surface area contributed by atoms with Gasteiger partial charge in [-0.05, 0) is 111 Å². The number of aryl methyl sites for hydroxylation is 4. The molecule has 0 saturated heterocycles. The van der Waals surface area contributed by atoms with Crippen LogP contribution in [0, 0.1) is 0 Å². The van der Waals surface area contributed by atoms with E-state index in [1.54, 1.807) is 0 Å². The maximum Gasteiger partial charge on any atom is 0.0639 e. The summed E-state index contributed by atoms with van der Waals surface area (Å²) in [6.07, 6.45) is 45.5. The van der Waals surface area contributed by atoms with Crippen LogP contribution in [0.5, 0.6) is 0 Å². The van der Waals surface area contributed by atoms with E-state index in [0.29, 0.717) is 0 Å². The van der Waals surface area contributed by atoms with Gasteiger partial charge in [0.25, 0.3) is 0 Å². The molecule has 0 radical (unpaired) electrons. The Hall–Kier alpha value is -1.73. The minimum Gasteiger partial charge on any atom is -0.255 e. The van der Waals surface area contributed by atoms with Gasteiger partial charge >= 0.3 is 0 Å². The van der Waals surface area contributed by atoms with Crippen molar-refractivity contribution < 1.29 is 16.5 Å². The summed E-state index contributed by atoms with van der Waals surface area (Å²) in [5, 5.41) is 0. The molecule has 0 fully saturated rings. The van der Waals surface area contributed by atoms with Gasteiger partial charge in [-0.25, -0.2) is 0 Å². The number of aliphatic imine (C=N–C) groups is 2. The largest absolute Gasteiger partial charge is 0.255 e. The molecule has 2 rings (SSSR count). The molecule has 0 aliphatic rings. The Morgan fingerprint density at radius 1 is 0.364 bits per heavy atom. The molecule has 0 atom stereocenters. The molecule has 2 aromatic carbocycles. The third-order valence-electron chi connectivity index (χ3n) is 11.3. The summed E-state index contributed by atoms with van der Waals surface area (Å²) in [6.45, 7) is 11.5. The Morgan fingerprint density at radius 2 is 0.655 bits per heavy atom. The van der Waals surface area contributed by atoms with Crippen molar-refractivity contribution in [1.29, 1.82) is 0 Å². The Kier molecular flexibility index (Phi) is 34.1. The first-order valence-corrected chi connectivity index (χ1v) is 24.0. The predicted molar refractivity (Wildman–Crippen MR) is 245 cm³/mol. The summed E-state index contributed by atoms with van der Waals surface area (Å²) < 4.78 is 0. The zero-order valence-corrected chi connectivity index (χ0v) is 38.1. The molecule has 0 spiro atoms. The molecule has 0 aliphatic carbocycles. The average molecular weight is 800 g/mol. The van der Waals surface area contributed by atoms with Crippen LogP contribution >= 0.6 is 0 Å². The summed E-state index contributed by atoms with van der Waals surface area (Å²) in [5.41, 5.74) is 9.24. The summed E-state index contributed by atoms with van der Waals surface area (Å²) in [5.74, 6) is 0. The Morgan fingerprint density at radius 3 is 1.00 bits per heavy atom. The van der Waals surface area contributed by atoms with Gasteiger partial charge in [-0.3, -0.25) is 9.98 Å². The first kappa shape index (κ1) is 51.3. The van der Waals surface area contributed by atoms with Crippen LogP contribution in [-0.2, 0) is 42.2 Å². The number of hydrogen-bond acceptors (Lipinski definition) is 2. The van der Waals surface area contributed by atoms with Crippen molar-refractivity contribution in [3.8, 4) is 0 Å². The van der Waals surface area contributed by atoms with Gasteiger partial charge in [-0.15, -0.1) is 0 Å². The number of unbranched alkanes of at least 4 members (excludes halogenated alkanes) is 23. The molecular formula is C52H88N2Ni. The molecule has 55 heavy (non-hydrogen) atoms. The third kappa shape index (κ3) is 27.5. The van der Waals surface area contributed by atoms with Crippen LogP contribution in [0.25, 0.3) is 0 Å². The van der Waals surface area contributed by atoms with Crippen LogP contribution in [-0.4, -0.2) is 11.9 Å². The molecule has 0 saturated carbocycles. The maximum absolute atomic E-state index is 5.39. The van der Waals surface area contributed by atoms with E-state index >= 15 is 0 Å². The maximum atomic E-state index is 5.39. The van der Waals surface area contributed by atoms with Crippen molar-refractivity contribution in [2.75, 3.05) is 0 Å². The number of rotatable bonds is 36. The van der Waals surface area contributed by atoms with Crippen molar-refractivity contribution in [2.45, 2.75) is 247 Å². The fourth-order valence-electron chi connectivity index (χ4n) is 7.84. The molecule has 3 heteroatoms. The van der Waals surface area contributed by atoms with E-state index in [4.69, 9.17) is 9.98 Å². The van der Waals surface area contributed by atoms with E-state index in [1.165, 1.54) is 202 Å². The molecule has 0 amide bonds. The Bertz CT molecular complexity index is 1170. The standard InChI is InChI=1S/C52H88N2.Ni/c1-6-11-16-17-18-19-20-21-22-23-24-25-26-27-28-33-38-50(54-52-43-48(36-31-14-9-4)40-49(44-52)37-32-15-10-5)45-53-51-41-46(34-29-12-7-2)39-47(42-51)35-30-13-8-3;/h39-45H,6-38H2,1-5H3;. The minimum absolute atomic E-state index is 0. The molecule has 0 unspecified atom stereocenters. The fourth-order valence-corrected chi connectivity index (χ4v) is 7.84. The Labute approximate surface area is 353 Å². The van der Waals surface area contributed by atoms with Gasteiger partial charge in [0.1, 0.15) is 0 Å². The summed E-state index contributed by atoms with van der Waals surface area (Å²) in [7, 11) is 0. The van der Waals surface area contributed by atoms with Gasteiger partial charge < -0.3 is 0 Å². The molecule has 316 valence electrons. The smallest absolute Gasteiger partial charge is 0.0639 e. The van der Waals surface area contributed by atoms with Crippen molar-refractivity contribution in [2.24, 2.45) is 9.98 Å². The summed E-state index contributed by atoms with van der Waals surface area (Å²) in [6, 6.07) is 14.4. The van der Waals surface area contributed by atoms with Gasteiger partial charge in [0, 0.05) is 22.7 Å². The van der Waals surface area contributed by atoms with Crippen LogP contribution in [0.4, 0.5) is 11.4 Å². The average Bonchev–Trinajstić information content (AvgIpc) is 3.17. The second-order valence-electron chi connectivity index (χ2n) is 16.8. The second kappa shape index (κ2) is 36.6. The van der Waals surface area contributed by atoms with Gasteiger partial charge in [0.15, 0.2) is 0 Å². The van der Waals surface area contributed by atoms with E-state index in [2.05, 4.69) is 77.2 Å². The van der Waals surface area contributed by atoms with Crippen molar-refractivity contribution >= 4 is 23.3 Å². The first-order valence-electron chi connectivity index (χ1n) is 24.0. The zero-order valence-electron chi connectivity index (χ0n) is 37.1. The molecular weight excluding hydrogens is 711 g/mol. The van der Waals surface area contributed by atoms with Crippen LogP contribution in [0.15, 0.2) is 46.4 Å². The molecule has 2 aromatic rings.